The topological polar surface area (TPSA) is 130 Å². The molecule has 2 heterocycles. The van der Waals surface area contributed by atoms with Gasteiger partial charge in [0.1, 0.15) is 18.2 Å². The summed E-state index contributed by atoms with van der Waals surface area (Å²) in [7, 11) is 2.98. The van der Waals surface area contributed by atoms with Crippen molar-refractivity contribution in [3.8, 4) is 11.1 Å². The van der Waals surface area contributed by atoms with Gasteiger partial charge < -0.3 is 30.0 Å². The zero-order valence-corrected chi connectivity index (χ0v) is 31.0. The zero-order chi connectivity index (χ0) is 37.5. The fraction of sp³-hybridized carbons (Fsp3) is 0.381. The number of amides is 3. The Hall–Kier alpha value is -5.22. The van der Waals surface area contributed by atoms with E-state index in [1.165, 1.54) is 12.0 Å². The molecule has 0 radical (unpaired) electrons. The number of carbonyl (C=O) groups is 4. The third-order valence-electron chi connectivity index (χ3n) is 10.1. The lowest BCUT2D eigenvalue weighted by Crippen LogP contribution is -2.56. The average molecular weight is 707 g/mol. The number of nitrogens with one attached hydrogen (secondary N) is 3. The Kier molecular flexibility index (Phi) is 12.3. The highest BCUT2D eigenvalue weighted by molar-refractivity contribution is 5.93. The molecule has 10 nitrogen and oxygen atoms in total. The third-order valence-corrected chi connectivity index (χ3v) is 10.1. The molecule has 1 aliphatic heterocycles. The summed E-state index contributed by atoms with van der Waals surface area (Å²) in [5.41, 5.74) is 5.29. The van der Waals surface area contributed by atoms with Crippen LogP contribution in [-0.4, -0.2) is 72.0 Å². The van der Waals surface area contributed by atoms with Crippen LogP contribution >= 0.6 is 0 Å². The van der Waals surface area contributed by atoms with Gasteiger partial charge >= 0.3 is 5.97 Å². The SMILES string of the molecule is COC1C(=O)OC(C)C(C)/C=C(\C)CC(C)C(=O)NC(C)C(=O)N(C)C(Cc2c[nH]c3ccccc23)C(=O)NC1c1ccc(-c2ccccc2)cc1. The zero-order valence-electron chi connectivity index (χ0n) is 31.0. The van der Waals surface area contributed by atoms with Crippen molar-refractivity contribution in [1.29, 1.82) is 0 Å². The number of allylic oxidation sites excluding steroid dienone is 1. The van der Waals surface area contributed by atoms with Crippen LogP contribution in [0.1, 0.15) is 58.2 Å². The quantitative estimate of drug-likeness (QED) is 0.169. The van der Waals surface area contributed by atoms with E-state index in [1.807, 2.05) is 119 Å². The number of benzene rings is 3. The summed E-state index contributed by atoms with van der Waals surface area (Å²) in [6.07, 6.45) is 2.71. The number of hydrogen-bond acceptors (Lipinski definition) is 6. The maximum Gasteiger partial charge on any atom is 0.338 e. The summed E-state index contributed by atoms with van der Waals surface area (Å²) in [4.78, 5) is 60.5. The van der Waals surface area contributed by atoms with Crippen molar-refractivity contribution in [3.63, 3.8) is 0 Å². The van der Waals surface area contributed by atoms with E-state index in [2.05, 4.69) is 15.6 Å². The highest BCUT2D eigenvalue weighted by Gasteiger charge is 2.38. The van der Waals surface area contributed by atoms with Gasteiger partial charge in [-0.1, -0.05) is 98.3 Å². The van der Waals surface area contributed by atoms with Gasteiger partial charge in [-0.2, -0.15) is 0 Å². The number of carbonyl (C=O) groups excluding carboxylic acids is 4. The molecule has 5 rings (SSSR count). The number of ether oxygens (including phenoxy) is 2. The first-order chi connectivity index (χ1) is 24.9. The van der Waals surface area contributed by atoms with Gasteiger partial charge in [-0.05, 0) is 55.5 Å². The van der Waals surface area contributed by atoms with Gasteiger partial charge in [0.2, 0.25) is 17.7 Å². The number of methoxy groups -OCH3 is 1. The largest absolute Gasteiger partial charge is 0.460 e. The molecular formula is C42H50N4O6. The van der Waals surface area contributed by atoms with E-state index < -0.39 is 54.0 Å². The van der Waals surface area contributed by atoms with Crippen LogP contribution in [0.15, 0.2) is 96.7 Å². The summed E-state index contributed by atoms with van der Waals surface area (Å²) >= 11 is 0. The molecule has 4 aromatic rings. The van der Waals surface area contributed by atoms with Crippen molar-refractivity contribution < 1.29 is 28.7 Å². The van der Waals surface area contributed by atoms with Crippen LogP contribution < -0.4 is 10.6 Å². The number of aromatic amines is 1. The number of rotatable bonds is 5. The number of H-pyrrole nitrogens is 1. The number of cyclic esters (lactones) is 1. The highest BCUT2D eigenvalue weighted by atomic mass is 16.6. The van der Waals surface area contributed by atoms with Crippen LogP contribution in [0.4, 0.5) is 0 Å². The molecule has 3 aromatic carbocycles. The van der Waals surface area contributed by atoms with Crippen LogP contribution in [0.3, 0.4) is 0 Å². The fourth-order valence-electron chi connectivity index (χ4n) is 6.84. The molecule has 0 fully saturated rings. The Morgan fingerprint density at radius 3 is 2.17 bits per heavy atom. The van der Waals surface area contributed by atoms with Crippen LogP contribution in [0.5, 0.6) is 0 Å². The minimum Gasteiger partial charge on any atom is -0.460 e. The van der Waals surface area contributed by atoms with Crippen molar-refractivity contribution in [3.05, 3.63) is 108 Å². The molecule has 3 N–H and O–H groups in total. The Balaban J connectivity index is 1.58. The second-order valence-electron chi connectivity index (χ2n) is 14.0. The summed E-state index contributed by atoms with van der Waals surface area (Å²) in [5, 5.41) is 6.87. The molecule has 3 amide bonds. The number of fused-ring (bicyclic) bond motifs is 1. The average Bonchev–Trinajstić information content (AvgIpc) is 3.55. The standard InChI is InChI=1S/C42H50N4O6/c1-25-21-26(2)29(5)52-42(50)38(51-7)37(32-19-17-31(18-20-32)30-13-9-8-10-14-30)45-40(48)36(23-33-24-43-35-16-12-11-15-34(33)35)46(6)41(49)28(4)44-39(47)27(3)22-25/h8-21,24,26-29,36-38,43H,22-23H2,1-7H3,(H,44,47)(H,45,48)/b25-21+. The lowest BCUT2D eigenvalue weighted by atomic mass is 9.95. The molecule has 52 heavy (non-hydrogen) atoms. The molecule has 1 aromatic heterocycles. The van der Waals surface area contributed by atoms with Crippen molar-refractivity contribution >= 4 is 34.6 Å². The molecule has 0 saturated heterocycles. The van der Waals surface area contributed by atoms with Crippen LogP contribution in [0, 0.1) is 11.8 Å². The number of hydrogen-bond donors (Lipinski definition) is 3. The normalized spacial score (nSPS) is 26.8. The molecule has 0 bridgehead atoms. The first kappa shape index (κ1) is 38.0. The van der Waals surface area contributed by atoms with Crippen LogP contribution in [0.2, 0.25) is 0 Å². The first-order valence-corrected chi connectivity index (χ1v) is 17.9. The summed E-state index contributed by atoms with van der Waals surface area (Å²) < 4.78 is 11.8. The van der Waals surface area contributed by atoms with Crippen molar-refractivity contribution in [1.82, 2.24) is 20.5 Å². The Labute approximate surface area is 306 Å². The van der Waals surface area contributed by atoms with E-state index in [4.69, 9.17) is 9.47 Å². The van der Waals surface area contributed by atoms with E-state index >= 15 is 0 Å². The molecule has 1 aliphatic rings. The van der Waals surface area contributed by atoms with Crippen LogP contribution in [-0.2, 0) is 35.1 Å². The van der Waals surface area contributed by atoms with E-state index in [1.54, 1.807) is 14.0 Å². The molecule has 0 saturated carbocycles. The molecule has 0 aliphatic carbocycles. The molecule has 7 unspecified atom stereocenters. The van der Waals surface area contributed by atoms with Gasteiger partial charge in [0.15, 0.2) is 6.10 Å². The van der Waals surface area contributed by atoms with Gasteiger partial charge in [0.05, 0.1) is 6.04 Å². The number of esters is 1. The first-order valence-electron chi connectivity index (χ1n) is 17.9. The van der Waals surface area contributed by atoms with Crippen molar-refractivity contribution in [2.24, 2.45) is 11.8 Å². The van der Waals surface area contributed by atoms with E-state index in [0.717, 1.165) is 33.2 Å². The Morgan fingerprint density at radius 1 is 0.827 bits per heavy atom. The fourth-order valence-corrected chi connectivity index (χ4v) is 6.84. The minimum atomic E-state index is -1.21. The second-order valence-corrected chi connectivity index (χ2v) is 14.0. The number of para-hydroxylation sites is 1. The predicted octanol–water partition coefficient (Wildman–Crippen LogP) is 6.14. The Morgan fingerprint density at radius 2 is 1.48 bits per heavy atom. The van der Waals surface area contributed by atoms with Gasteiger partial charge in [-0.15, -0.1) is 0 Å². The third kappa shape index (κ3) is 8.80. The number of likely N-dealkylation sites (N-methyl/N-ethyl adjacent to an activating group) is 1. The van der Waals surface area contributed by atoms with Crippen LogP contribution in [0.25, 0.3) is 22.0 Å². The molecule has 7 atom stereocenters. The number of aromatic nitrogens is 1. The lowest BCUT2D eigenvalue weighted by molar-refractivity contribution is -0.164. The monoisotopic (exact) mass is 706 g/mol. The highest BCUT2D eigenvalue weighted by Crippen LogP contribution is 2.28. The Bertz CT molecular complexity index is 1900. The summed E-state index contributed by atoms with van der Waals surface area (Å²) in [6.45, 7) is 9.13. The van der Waals surface area contributed by atoms with Gasteiger partial charge in [-0.3, -0.25) is 14.4 Å². The summed E-state index contributed by atoms with van der Waals surface area (Å²) in [5.74, 6) is -2.43. The number of nitrogens with zero attached hydrogens (tertiary/aromatic N) is 1. The second kappa shape index (κ2) is 16.9. The maximum atomic E-state index is 14.6. The summed E-state index contributed by atoms with van der Waals surface area (Å²) in [6, 6.07) is 22.3. The van der Waals surface area contributed by atoms with E-state index in [-0.39, 0.29) is 18.2 Å². The van der Waals surface area contributed by atoms with E-state index in [0.29, 0.717) is 12.0 Å². The minimum absolute atomic E-state index is 0.162. The van der Waals surface area contributed by atoms with Gasteiger partial charge in [0.25, 0.3) is 0 Å². The smallest absolute Gasteiger partial charge is 0.338 e. The molecule has 274 valence electrons. The van der Waals surface area contributed by atoms with Gasteiger partial charge in [0, 0.05) is 49.5 Å². The predicted molar refractivity (Wildman–Crippen MR) is 202 cm³/mol. The van der Waals surface area contributed by atoms with Crippen molar-refractivity contribution in [2.45, 2.75) is 77.8 Å². The molecular weight excluding hydrogens is 656 g/mol. The molecule has 10 heteroatoms. The van der Waals surface area contributed by atoms with Crippen molar-refractivity contribution in [2.75, 3.05) is 14.2 Å². The van der Waals surface area contributed by atoms with E-state index in [9.17, 15) is 19.2 Å². The maximum absolute atomic E-state index is 14.6. The lowest BCUT2D eigenvalue weighted by Gasteiger charge is -2.33. The molecule has 0 spiro atoms. The van der Waals surface area contributed by atoms with Gasteiger partial charge in [-0.25, -0.2) is 4.79 Å².